The average molecular weight is 273 g/mol. The lowest BCUT2D eigenvalue weighted by atomic mass is 10.2. The maximum atomic E-state index is 13.4. The van der Waals surface area contributed by atoms with E-state index >= 15 is 0 Å². The molecule has 6 heteroatoms. The third-order valence-electron chi connectivity index (χ3n) is 2.34. The Hall–Kier alpha value is -1.75. The number of halogens is 4. The molecule has 18 heavy (non-hydrogen) atoms. The molecule has 94 valence electrons. The van der Waals surface area contributed by atoms with Crippen molar-refractivity contribution in [3.8, 4) is 0 Å². The van der Waals surface area contributed by atoms with Crippen molar-refractivity contribution in [2.75, 3.05) is 5.32 Å². The summed E-state index contributed by atoms with van der Waals surface area (Å²) in [4.78, 5) is 3.17. The second-order valence-corrected chi connectivity index (χ2v) is 4.11. The Morgan fingerprint density at radius 3 is 2.56 bits per heavy atom. The highest BCUT2D eigenvalue weighted by molar-refractivity contribution is 6.30. The zero-order chi connectivity index (χ0) is 13.3. The predicted molar refractivity (Wildman–Crippen MR) is 63.6 cm³/mol. The number of pyridine rings is 1. The average Bonchev–Trinajstić information content (AvgIpc) is 2.30. The van der Waals surface area contributed by atoms with Gasteiger partial charge in [-0.15, -0.1) is 0 Å². The van der Waals surface area contributed by atoms with Crippen LogP contribution in [0.4, 0.5) is 24.7 Å². The van der Waals surface area contributed by atoms with Crippen molar-refractivity contribution in [1.82, 2.24) is 4.98 Å². The number of aryl methyl sites for hydroxylation is 1. The number of nitrogens with one attached hydrogen (secondary N) is 1. The summed E-state index contributed by atoms with van der Waals surface area (Å²) >= 11 is 5.79. The Bertz CT molecular complexity index is 602. The van der Waals surface area contributed by atoms with Crippen molar-refractivity contribution < 1.29 is 13.2 Å². The molecule has 0 aliphatic rings. The molecule has 0 saturated carbocycles. The molecule has 1 aromatic heterocycles. The lowest BCUT2D eigenvalue weighted by Crippen LogP contribution is -2.02. The third-order valence-corrected chi connectivity index (χ3v) is 2.57. The second kappa shape index (κ2) is 4.86. The highest BCUT2D eigenvalue weighted by Crippen LogP contribution is 2.25. The van der Waals surface area contributed by atoms with Crippen molar-refractivity contribution in [2.24, 2.45) is 0 Å². The van der Waals surface area contributed by atoms with Gasteiger partial charge >= 0.3 is 0 Å². The van der Waals surface area contributed by atoms with Crippen molar-refractivity contribution >= 4 is 23.1 Å². The second-order valence-electron chi connectivity index (χ2n) is 3.68. The monoisotopic (exact) mass is 272 g/mol. The number of hydrogen-bond donors (Lipinski definition) is 1. The van der Waals surface area contributed by atoms with Gasteiger partial charge in [-0.05, 0) is 24.6 Å². The summed E-state index contributed by atoms with van der Waals surface area (Å²) in [5.41, 5.74) is 1.24. The molecule has 1 aromatic carbocycles. The summed E-state index contributed by atoms with van der Waals surface area (Å²) in [6.07, 6.45) is 0. The van der Waals surface area contributed by atoms with Gasteiger partial charge in [0.25, 0.3) is 5.95 Å². The number of benzene rings is 1. The Morgan fingerprint density at radius 2 is 1.83 bits per heavy atom. The minimum absolute atomic E-state index is 0.390. The van der Waals surface area contributed by atoms with Gasteiger partial charge in [-0.25, -0.2) is 8.78 Å². The molecule has 2 rings (SSSR count). The molecule has 0 aliphatic heterocycles. The highest BCUT2D eigenvalue weighted by Gasteiger charge is 2.12. The van der Waals surface area contributed by atoms with Crippen LogP contribution >= 0.6 is 11.6 Å². The molecule has 1 heterocycles. The van der Waals surface area contributed by atoms with Crippen molar-refractivity contribution in [2.45, 2.75) is 6.92 Å². The van der Waals surface area contributed by atoms with E-state index in [0.717, 1.165) is 5.56 Å². The van der Waals surface area contributed by atoms with Gasteiger partial charge in [-0.3, -0.25) is 0 Å². The topological polar surface area (TPSA) is 24.9 Å². The molecule has 0 spiro atoms. The van der Waals surface area contributed by atoms with E-state index in [1.807, 2.05) is 0 Å². The molecular formula is C12H8ClF3N2. The van der Waals surface area contributed by atoms with Crippen LogP contribution in [0, 0.1) is 24.5 Å². The Labute approximate surface area is 106 Å². The highest BCUT2D eigenvalue weighted by atomic mass is 35.5. The number of hydrogen-bond acceptors (Lipinski definition) is 2. The van der Waals surface area contributed by atoms with Crippen molar-refractivity contribution in [3.63, 3.8) is 0 Å². The summed E-state index contributed by atoms with van der Waals surface area (Å²) in [5, 5.41) is 3.01. The van der Waals surface area contributed by atoms with Crippen molar-refractivity contribution in [1.29, 1.82) is 0 Å². The van der Waals surface area contributed by atoms with Gasteiger partial charge in [0.05, 0.1) is 0 Å². The van der Waals surface area contributed by atoms with E-state index in [1.165, 1.54) is 0 Å². The lowest BCUT2D eigenvalue weighted by molar-refractivity contribution is 0.467. The maximum Gasteiger partial charge on any atom is 0.251 e. The zero-order valence-corrected chi connectivity index (χ0v) is 10.0. The van der Waals surface area contributed by atoms with Crippen LogP contribution in [0.15, 0.2) is 24.3 Å². The zero-order valence-electron chi connectivity index (χ0n) is 9.27. The summed E-state index contributed by atoms with van der Waals surface area (Å²) in [5.74, 6) is -4.06. The molecule has 0 bridgehead atoms. The van der Waals surface area contributed by atoms with E-state index in [0.29, 0.717) is 16.8 Å². The summed E-state index contributed by atoms with van der Waals surface area (Å²) in [6, 6.07) is 5.35. The minimum Gasteiger partial charge on any atom is -0.337 e. The third kappa shape index (κ3) is 2.56. The fourth-order valence-corrected chi connectivity index (χ4v) is 1.56. The standard InChI is InChI=1S/C12H8ClF3N2/c1-6-2-3-7(13)4-10(6)17-12-9(15)5-8(14)11(16)18-12/h2-5H,1H3,(H,17,18). The van der Waals surface area contributed by atoms with Crippen LogP contribution in [-0.4, -0.2) is 4.98 Å². The van der Waals surface area contributed by atoms with E-state index in [-0.39, 0.29) is 5.82 Å². The van der Waals surface area contributed by atoms with Gasteiger partial charge in [-0.1, -0.05) is 17.7 Å². The van der Waals surface area contributed by atoms with Crippen LogP contribution in [0.25, 0.3) is 0 Å². The fraction of sp³-hybridized carbons (Fsp3) is 0.0833. The van der Waals surface area contributed by atoms with Gasteiger partial charge in [0.15, 0.2) is 17.5 Å². The van der Waals surface area contributed by atoms with Gasteiger partial charge in [0, 0.05) is 16.8 Å². The molecular weight excluding hydrogens is 265 g/mol. The first kappa shape index (κ1) is 12.7. The van der Waals surface area contributed by atoms with Crippen molar-refractivity contribution in [3.05, 3.63) is 52.4 Å². The van der Waals surface area contributed by atoms with Crippen LogP contribution in [0.3, 0.4) is 0 Å². The molecule has 2 nitrogen and oxygen atoms in total. The predicted octanol–water partition coefficient (Wildman–Crippen LogP) is 4.20. The molecule has 0 unspecified atom stereocenters. The van der Waals surface area contributed by atoms with E-state index in [9.17, 15) is 13.2 Å². The molecule has 0 saturated heterocycles. The molecule has 2 aromatic rings. The van der Waals surface area contributed by atoms with E-state index in [2.05, 4.69) is 10.3 Å². The Morgan fingerprint density at radius 1 is 1.11 bits per heavy atom. The van der Waals surface area contributed by atoms with Gasteiger partial charge in [0.2, 0.25) is 0 Å². The van der Waals surface area contributed by atoms with E-state index in [1.54, 1.807) is 25.1 Å². The summed E-state index contributed by atoms with van der Waals surface area (Å²) in [6.45, 7) is 1.76. The van der Waals surface area contributed by atoms with Crippen LogP contribution in [-0.2, 0) is 0 Å². The van der Waals surface area contributed by atoms with Crippen LogP contribution in [0.1, 0.15) is 5.56 Å². The summed E-state index contributed by atoms with van der Waals surface area (Å²) in [7, 11) is 0. The fourth-order valence-electron chi connectivity index (χ4n) is 1.39. The van der Waals surface area contributed by atoms with Gasteiger partial charge in [-0.2, -0.15) is 9.37 Å². The summed E-state index contributed by atoms with van der Waals surface area (Å²) < 4.78 is 39.0. The molecule has 0 amide bonds. The number of nitrogens with zero attached hydrogens (tertiary/aromatic N) is 1. The Balaban J connectivity index is 2.40. The largest absolute Gasteiger partial charge is 0.337 e. The first-order valence-electron chi connectivity index (χ1n) is 5.02. The SMILES string of the molecule is Cc1ccc(Cl)cc1Nc1nc(F)c(F)cc1F. The number of rotatable bonds is 2. The van der Waals surface area contributed by atoms with Crippen LogP contribution < -0.4 is 5.32 Å². The van der Waals surface area contributed by atoms with Gasteiger partial charge < -0.3 is 5.32 Å². The number of aromatic nitrogens is 1. The molecule has 0 atom stereocenters. The molecule has 0 aliphatic carbocycles. The maximum absolute atomic E-state index is 13.4. The Kier molecular flexibility index (Phi) is 3.43. The molecule has 1 N–H and O–H groups in total. The van der Waals surface area contributed by atoms with E-state index in [4.69, 9.17) is 11.6 Å². The first-order chi connectivity index (χ1) is 8.47. The van der Waals surface area contributed by atoms with E-state index < -0.39 is 17.6 Å². The minimum atomic E-state index is -1.36. The van der Waals surface area contributed by atoms with Crippen LogP contribution in [0.5, 0.6) is 0 Å². The van der Waals surface area contributed by atoms with Gasteiger partial charge in [0.1, 0.15) is 0 Å². The normalized spacial score (nSPS) is 10.5. The molecule has 0 fully saturated rings. The van der Waals surface area contributed by atoms with Crippen LogP contribution in [0.2, 0.25) is 5.02 Å². The first-order valence-corrected chi connectivity index (χ1v) is 5.40. The smallest absolute Gasteiger partial charge is 0.251 e. The lowest BCUT2D eigenvalue weighted by Gasteiger charge is -2.10. The molecule has 0 radical (unpaired) electrons. The number of anilines is 2. The quantitative estimate of drug-likeness (QED) is 0.829.